The van der Waals surface area contributed by atoms with Crippen molar-refractivity contribution >= 4 is 50.6 Å². The second-order valence-corrected chi connectivity index (χ2v) is 5.87. The van der Waals surface area contributed by atoms with Crippen molar-refractivity contribution in [3.63, 3.8) is 0 Å². The highest BCUT2D eigenvalue weighted by atomic mass is 127. The Labute approximate surface area is 122 Å². The summed E-state index contributed by atoms with van der Waals surface area (Å²) in [5.41, 5.74) is 2.78. The van der Waals surface area contributed by atoms with E-state index in [1.54, 1.807) is 0 Å². The zero-order valence-electron chi connectivity index (χ0n) is 9.81. The molecule has 92 valence electrons. The van der Waals surface area contributed by atoms with Gasteiger partial charge in [0.2, 0.25) is 0 Å². The number of nitrogens with one attached hydrogen (secondary N) is 1. The molecular weight excluding hydrogens is 361 g/mol. The molecule has 0 atom stereocenters. The Bertz CT molecular complexity index is 717. The van der Waals surface area contributed by atoms with Gasteiger partial charge >= 0.3 is 0 Å². The van der Waals surface area contributed by atoms with E-state index >= 15 is 0 Å². The second-order valence-electron chi connectivity index (χ2n) is 3.96. The third-order valence-electron chi connectivity index (χ3n) is 2.44. The Morgan fingerprint density at radius 3 is 2.89 bits per heavy atom. The molecule has 0 amide bonds. The first-order valence-corrected chi connectivity index (χ1v) is 7.19. The maximum absolute atomic E-state index is 4.50. The van der Waals surface area contributed by atoms with E-state index in [9.17, 15) is 0 Å². The molecule has 0 aliphatic heterocycles. The summed E-state index contributed by atoms with van der Waals surface area (Å²) in [6.07, 6.45) is 3.81. The molecule has 3 rings (SSSR count). The molecule has 0 saturated heterocycles. The van der Waals surface area contributed by atoms with Gasteiger partial charge in [-0.2, -0.15) is 4.37 Å². The van der Waals surface area contributed by atoms with Gasteiger partial charge in [-0.15, -0.1) is 0 Å². The number of hydrogen-bond acceptors (Lipinski definition) is 5. The van der Waals surface area contributed by atoms with Crippen molar-refractivity contribution < 1.29 is 0 Å². The van der Waals surface area contributed by atoms with Crippen LogP contribution in [0.15, 0.2) is 18.5 Å². The van der Waals surface area contributed by atoms with Crippen LogP contribution in [-0.4, -0.2) is 18.7 Å². The topological polar surface area (TPSA) is 55.1 Å². The van der Waals surface area contributed by atoms with Crippen molar-refractivity contribution in [2.24, 2.45) is 0 Å². The molecule has 7 heteroatoms. The quantitative estimate of drug-likeness (QED) is 0.704. The van der Waals surface area contributed by atoms with E-state index in [0.29, 0.717) is 0 Å². The van der Waals surface area contributed by atoms with Gasteiger partial charge in [0, 0.05) is 6.20 Å². The average molecular weight is 371 g/mol. The lowest BCUT2D eigenvalue weighted by Crippen LogP contribution is -2.00. The first-order valence-electron chi connectivity index (χ1n) is 5.34. The summed E-state index contributed by atoms with van der Waals surface area (Å²) in [6, 6.07) is 2.00. The normalized spacial score (nSPS) is 11.1. The summed E-state index contributed by atoms with van der Waals surface area (Å²) in [5, 5.41) is 4.26. The van der Waals surface area contributed by atoms with Crippen LogP contribution in [0.4, 0.5) is 10.8 Å². The molecular formula is C11H10IN5S. The van der Waals surface area contributed by atoms with E-state index in [2.05, 4.69) is 42.2 Å². The van der Waals surface area contributed by atoms with Crippen LogP contribution < -0.4 is 5.32 Å². The number of anilines is 2. The van der Waals surface area contributed by atoms with Gasteiger partial charge in [-0.05, 0) is 54.0 Å². The van der Waals surface area contributed by atoms with E-state index in [1.807, 2.05) is 36.7 Å². The highest BCUT2D eigenvalue weighted by molar-refractivity contribution is 14.1. The monoisotopic (exact) mass is 371 g/mol. The van der Waals surface area contributed by atoms with Gasteiger partial charge in [0.25, 0.3) is 0 Å². The third kappa shape index (κ3) is 2.07. The predicted molar refractivity (Wildman–Crippen MR) is 80.6 cm³/mol. The highest BCUT2D eigenvalue weighted by Crippen LogP contribution is 2.24. The SMILES string of the molecule is Cc1cc(Nc2nc(C)cn3c(I)cnc23)sn1. The number of halogens is 1. The van der Waals surface area contributed by atoms with Crippen molar-refractivity contribution in [1.82, 2.24) is 18.7 Å². The lowest BCUT2D eigenvalue weighted by atomic mass is 10.4. The molecule has 0 radical (unpaired) electrons. The standard InChI is InChI=1S/C11H10IN5S/c1-6-3-9(18-16-6)15-10-11-13-4-8(12)17(11)5-7(2)14-10/h3-5H,1-2H3,(H,14,15). The summed E-state index contributed by atoms with van der Waals surface area (Å²) in [5.74, 6) is 0.765. The molecule has 1 N–H and O–H groups in total. The minimum absolute atomic E-state index is 0.765. The lowest BCUT2D eigenvalue weighted by molar-refractivity contribution is 1.06. The molecule has 3 aromatic heterocycles. The summed E-state index contributed by atoms with van der Waals surface area (Å²) >= 11 is 3.68. The molecule has 3 heterocycles. The van der Waals surface area contributed by atoms with E-state index < -0.39 is 0 Å². The van der Waals surface area contributed by atoms with Gasteiger partial charge in [0.15, 0.2) is 11.5 Å². The molecule has 0 saturated carbocycles. The molecule has 0 unspecified atom stereocenters. The number of nitrogens with zero attached hydrogens (tertiary/aromatic N) is 4. The maximum Gasteiger partial charge on any atom is 0.181 e. The zero-order valence-corrected chi connectivity index (χ0v) is 12.8. The maximum atomic E-state index is 4.50. The van der Waals surface area contributed by atoms with Crippen LogP contribution in [0.2, 0.25) is 0 Å². The van der Waals surface area contributed by atoms with Crippen molar-refractivity contribution in [1.29, 1.82) is 0 Å². The number of aryl methyl sites for hydroxylation is 2. The van der Waals surface area contributed by atoms with Crippen LogP contribution in [0.25, 0.3) is 5.65 Å². The molecule has 0 aromatic carbocycles. The lowest BCUT2D eigenvalue weighted by Gasteiger charge is -2.06. The Morgan fingerprint density at radius 1 is 1.33 bits per heavy atom. The van der Waals surface area contributed by atoms with Crippen LogP contribution in [0, 0.1) is 17.5 Å². The smallest absolute Gasteiger partial charge is 0.181 e. The Balaban J connectivity index is 2.10. The molecule has 0 spiro atoms. The number of aromatic nitrogens is 4. The average Bonchev–Trinajstić information content (AvgIpc) is 2.87. The first-order chi connectivity index (χ1) is 8.63. The minimum atomic E-state index is 0.765. The Hall–Kier alpha value is -1.22. The molecule has 0 aliphatic carbocycles. The number of fused-ring (bicyclic) bond motifs is 1. The van der Waals surface area contributed by atoms with Crippen LogP contribution in [0.1, 0.15) is 11.4 Å². The molecule has 18 heavy (non-hydrogen) atoms. The largest absolute Gasteiger partial charge is 0.328 e. The van der Waals surface area contributed by atoms with Gasteiger partial charge in [0.1, 0.15) is 8.70 Å². The second kappa shape index (κ2) is 4.47. The van der Waals surface area contributed by atoms with Gasteiger partial charge < -0.3 is 5.32 Å². The fraction of sp³-hybridized carbons (Fsp3) is 0.182. The van der Waals surface area contributed by atoms with Gasteiger partial charge in [-0.25, -0.2) is 9.97 Å². The molecule has 0 fully saturated rings. The summed E-state index contributed by atoms with van der Waals surface area (Å²) in [6.45, 7) is 3.94. The first kappa shape index (κ1) is 11.8. The molecule has 0 bridgehead atoms. The predicted octanol–water partition coefficient (Wildman–Crippen LogP) is 3.15. The minimum Gasteiger partial charge on any atom is -0.328 e. The van der Waals surface area contributed by atoms with Crippen molar-refractivity contribution in [2.75, 3.05) is 5.32 Å². The van der Waals surface area contributed by atoms with Gasteiger partial charge in [-0.3, -0.25) is 4.40 Å². The number of rotatable bonds is 2. The number of imidazole rings is 1. The van der Waals surface area contributed by atoms with Crippen LogP contribution in [0.5, 0.6) is 0 Å². The Morgan fingerprint density at radius 2 is 2.17 bits per heavy atom. The summed E-state index contributed by atoms with van der Waals surface area (Å²) in [4.78, 5) is 8.88. The highest BCUT2D eigenvalue weighted by Gasteiger charge is 2.10. The van der Waals surface area contributed by atoms with E-state index in [0.717, 1.165) is 31.6 Å². The van der Waals surface area contributed by atoms with E-state index in [1.165, 1.54) is 11.5 Å². The van der Waals surface area contributed by atoms with Crippen molar-refractivity contribution in [2.45, 2.75) is 13.8 Å². The van der Waals surface area contributed by atoms with E-state index in [4.69, 9.17) is 0 Å². The summed E-state index contributed by atoms with van der Waals surface area (Å²) < 4.78 is 7.34. The van der Waals surface area contributed by atoms with Crippen molar-refractivity contribution in [3.05, 3.63) is 33.5 Å². The fourth-order valence-electron chi connectivity index (χ4n) is 1.70. The van der Waals surface area contributed by atoms with Crippen LogP contribution in [-0.2, 0) is 0 Å². The fourth-order valence-corrected chi connectivity index (χ4v) is 2.87. The Kier molecular flexibility index (Phi) is 2.94. The van der Waals surface area contributed by atoms with Crippen LogP contribution >= 0.6 is 34.1 Å². The molecule has 0 aliphatic rings. The van der Waals surface area contributed by atoms with Gasteiger partial charge in [-0.1, -0.05) is 0 Å². The van der Waals surface area contributed by atoms with Crippen molar-refractivity contribution in [3.8, 4) is 0 Å². The molecule has 3 aromatic rings. The third-order valence-corrected chi connectivity index (χ3v) is 4.03. The summed E-state index contributed by atoms with van der Waals surface area (Å²) in [7, 11) is 0. The van der Waals surface area contributed by atoms with Gasteiger partial charge in [0.05, 0.1) is 17.6 Å². The molecule has 5 nitrogen and oxygen atoms in total. The zero-order chi connectivity index (χ0) is 12.7. The number of hydrogen-bond donors (Lipinski definition) is 1. The van der Waals surface area contributed by atoms with E-state index in [-0.39, 0.29) is 0 Å². The van der Waals surface area contributed by atoms with Crippen LogP contribution in [0.3, 0.4) is 0 Å².